The number of carbonyl (C=O) groups excluding carboxylic acids is 1. The molecule has 2 heterocycles. The quantitative estimate of drug-likeness (QED) is 0.229. The molecule has 3 aliphatic carbocycles. The van der Waals surface area contributed by atoms with E-state index in [1.165, 1.54) is 5.56 Å². The van der Waals surface area contributed by atoms with Gasteiger partial charge in [-0.25, -0.2) is 4.21 Å². The number of benzene rings is 2. The topological polar surface area (TPSA) is 98.8 Å². The van der Waals surface area contributed by atoms with Gasteiger partial charge in [0.1, 0.15) is 11.3 Å². The van der Waals surface area contributed by atoms with Crippen LogP contribution in [0.25, 0.3) is 0 Å². The van der Waals surface area contributed by atoms with Crippen LogP contribution in [-0.4, -0.2) is 39.5 Å². The zero-order valence-electron chi connectivity index (χ0n) is 28.0. The molecule has 1 amide bonds. The average molecular weight is 732 g/mol. The molecular formula is C37H41ClF3N3O5S. The maximum absolute atomic E-state index is 13.7. The Kier molecular flexibility index (Phi) is 9.47. The smallest absolute Gasteiger partial charge is 0.490 e. The Morgan fingerprint density at radius 1 is 1.14 bits per heavy atom. The first-order valence-electron chi connectivity index (χ1n) is 17.2. The summed E-state index contributed by atoms with van der Waals surface area (Å²) in [7, 11) is -3.55. The minimum Gasteiger partial charge on any atom is -0.493 e. The first-order valence-corrected chi connectivity index (χ1v) is 18.8. The van der Waals surface area contributed by atoms with Crippen molar-refractivity contribution in [2.45, 2.75) is 94.0 Å². The average Bonchev–Trinajstić information content (AvgIpc) is 3.65. The van der Waals surface area contributed by atoms with E-state index in [-0.39, 0.29) is 36.9 Å². The van der Waals surface area contributed by atoms with Crippen LogP contribution in [0.5, 0.6) is 17.2 Å². The molecule has 8 nitrogen and oxygen atoms in total. The van der Waals surface area contributed by atoms with Crippen molar-refractivity contribution in [2.75, 3.05) is 18.7 Å². The molecule has 2 aromatic carbocycles. The highest BCUT2D eigenvalue weighted by Crippen LogP contribution is 2.58. The van der Waals surface area contributed by atoms with Gasteiger partial charge in [0, 0.05) is 28.2 Å². The number of pyridine rings is 1. The Labute approximate surface area is 297 Å². The molecule has 1 saturated carbocycles. The number of hydrogen-bond acceptors (Lipinski definition) is 7. The van der Waals surface area contributed by atoms with Gasteiger partial charge in [-0.3, -0.25) is 14.5 Å². The SMILES string of the molecule is C[C@@H](COc1ccnc2c1[C@H](C)CCC2)C[C@H]1Cc2cc3c(cc2C12CCC(Nc1cccc(Cl)c1)(C(=O)NS(=O)C(F)(F)F)CC2)OCO3. The van der Waals surface area contributed by atoms with E-state index in [0.717, 1.165) is 54.7 Å². The molecule has 3 aromatic rings. The molecule has 50 heavy (non-hydrogen) atoms. The molecule has 1 fully saturated rings. The number of alkyl halides is 3. The Bertz CT molecular complexity index is 1800. The number of amides is 1. The van der Waals surface area contributed by atoms with E-state index in [1.54, 1.807) is 29.0 Å². The number of anilines is 1. The second-order valence-corrected chi connectivity index (χ2v) is 16.0. The molecule has 1 aromatic heterocycles. The van der Waals surface area contributed by atoms with Gasteiger partial charge in [-0.05, 0) is 128 Å². The van der Waals surface area contributed by atoms with Crippen LogP contribution < -0.4 is 24.2 Å². The van der Waals surface area contributed by atoms with Gasteiger partial charge in [-0.15, -0.1) is 0 Å². The summed E-state index contributed by atoms with van der Waals surface area (Å²) < 4.78 is 71.9. The molecular weight excluding hydrogens is 691 g/mol. The number of carbonyl (C=O) groups is 1. The van der Waals surface area contributed by atoms with E-state index in [1.807, 2.05) is 12.3 Å². The standard InChI is InChI=1S/C37H41ClF3N3O5S/c1-22(20-47-30-9-14-42-29-8-3-5-23(2)33(29)30)15-25-16-24-17-31-32(49-21-48-31)19-28(24)35(25)10-12-36(13-11-35,34(45)44-50(46)37(39,40)41)43-27-7-4-6-26(38)18-27/h4,6-7,9,14,17-19,22-23,25,43H,3,5,8,10-13,15-16,20-21H2,1-2H3,(H,44,45)/t22-,23-,25+,35?,36?,50?/m1/s1. The minimum absolute atomic E-state index is 0.142. The lowest BCUT2D eigenvalue weighted by molar-refractivity contribution is -0.125. The molecule has 4 aliphatic rings. The molecule has 1 spiro atoms. The fourth-order valence-electron chi connectivity index (χ4n) is 8.75. The van der Waals surface area contributed by atoms with Crippen LogP contribution in [0.3, 0.4) is 0 Å². The first kappa shape index (κ1) is 34.9. The zero-order chi connectivity index (χ0) is 35.3. The van der Waals surface area contributed by atoms with E-state index in [9.17, 15) is 22.2 Å². The summed E-state index contributed by atoms with van der Waals surface area (Å²) in [5.74, 6) is 2.06. The number of fused-ring (bicyclic) bond motifs is 4. The van der Waals surface area contributed by atoms with Gasteiger partial charge in [-0.1, -0.05) is 31.5 Å². The highest BCUT2D eigenvalue weighted by molar-refractivity contribution is 7.84. The second kappa shape index (κ2) is 13.6. The van der Waals surface area contributed by atoms with Crippen molar-refractivity contribution in [3.63, 3.8) is 0 Å². The predicted octanol–water partition coefficient (Wildman–Crippen LogP) is 8.14. The highest BCUT2D eigenvalue weighted by atomic mass is 35.5. The van der Waals surface area contributed by atoms with Gasteiger partial charge < -0.3 is 19.5 Å². The molecule has 13 heteroatoms. The third-order valence-corrected chi connectivity index (χ3v) is 12.2. The number of aryl methyl sites for hydroxylation is 1. The van der Waals surface area contributed by atoms with Gasteiger partial charge in [-0.2, -0.15) is 13.2 Å². The van der Waals surface area contributed by atoms with Crippen LogP contribution >= 0.6 is 11.6 Å². The number of nitrogens with one attached hydrogen (secondary N) is 2. The second-order valence-electron chi connectivity index (χ2n) is 14.4. The molecule has 4 atom stereocenters. The number of ether oxygens (including phenoxy) is 3. The maximum Gasteiger partial charge on any atom is 0.490 e. The number of halogens is 4. The van der Waals surface area contributed by atoms with Crippen molar-refractivity contribution in [2.24, 2.45) is 11.8 Å². The van der Waals surface area contributed by atoms with Crippen LogP contribution in [-0.2, 0) is 34.0 Å². The van der Waals surface area contributed by atoms with E-state index in [0.29, 0.717) is 47.6 Å². The van der Waals surface area contributed by atoms with Crippen LogP contribution in [0.2, 0.25) is 5.02 Å². The lowest BCUT2D eigenvalue weighted by Crippen LogP contribution is -2.58. The van der Waals surface area contributed by atoms with Gasteiger partial charge in [0.25, 0.3) is 5.91 Å². The molecule has 1 unspecified atom stereocenters. The number of nitrogens with zero attached hydrogens (tertiary/aromatic N) is 1. The summed E-state index contributed by atoms with van der Waals surface area (Å²) in [6.45, 7) is 5.09. The maximum atomic E-state index is 13.7. The predicted molar refractivity (Wildman–Crippen MR) is 185 cm³/mol. The highest BCUT2D eigenvalue weighted by Gasteiger charge is 2.55. The van der Waals surface area contributed by atoms with Gasteiger partial charge in [0.05, 0.1) is 6.61 Å². The summed E-state index contributed by atoms with van der Waals surface area (Å²) >= 11 is 6.23. The normalized spacial score (nSPS) is 26.5. The van der Waals surface area contributed by atoms with Gasteiger partial charge in [0.15, 0.2) is 11.5 Å². The Morgan fingerprint density at radius 3 is 2.64 bits per heavy atom. The van der Waals surface area contributed by atoms with E-state index in [4.69, 9.17) is 25.8 Å². The van der Waals surface area contributed by atoms with Crippen molar-refractivity contribution in [1.29, 1.82) is 0 Å². The molecule has 0 bridgehead atoms. The number of hydrogen-bond donors (Lipinski definition) is 2. The summed E-state index contributed by atoms with van der Waals surface area (Å²) in [5, 5.41) is 3.63. The van der Waals surface area contributed by atoms with Gasteiger partial charge in [0.2, 0.25) is 17.8 Å². The third-order valence-electron chi connectivity index (χ3n) is 11.2. The van der Waals surface area contributed by atoms with Gasteiger partial charge >= 0.3 is 5.51 Å². The first-order chi connectivity index (χ1) is 23.9. The van der Waals surface area contributed by atoms with E-state index < -0.39 is 27.9 Å². The molecule has 0 saturated heterocycles. The van der Waals surface area contributed by atoms with E-state index >= 15 is 0 Å². The van der Waals surface area contributed by atoms with Crippen LogP contribution in [0.4, 0.5) is 18.9 Å². The summed E-state index contributed by atoms with van der Waals surface area (Å²) in [6.07, 6.45) is 8.08. The molecule has 0 radical (unpaired) electrons. The monoisotopic (exact) mass is 731 g/mol. The van der Waals surface area contributed by atoms with Crippen molar-refractivity contribution in [1.82, 2.24) is 9.71 Å². The third kappa shape index (κ3) is 6.65. The molecule has 268 valence electrons. The number of rotatable bonds is 9. The summed E-state index contributed by atoms with van der Waals surface area (Å²) in [4.78, 5) is 18.3. The molecule has 1 aliphatic heterocycles. The lowest BCUT2D eigenvalue weighted by Gasteiger charge is -2.48. The Balaban J connectivity index is 1.16. The van der Waals surface area contributed by atoms with Crippen LogP contribution in [0.15, 0.2) is 48.7 Å². The Hall–Kier alpha value is -3.51. The van der Waals surface area contributed by atoms with Crippen molar-refractivity contribution < 1.29 is 36.4 Å². The van der Waals surface area contributed by atoms with Crippen molar-refractivity contribution in [3.8, 4) is 17.2 Å². The fraction of sp³-hybridized carbons (Fsp3) is 0.514. The fourth-order valence-corrected chi connectivity index (χ4v) is 9.42. The van der Waals surface area contributed by atoms with Crippen LogP contribution in [0, 0.1) is 11.8 Å². The lowest BCUT2D eigenvalue weighted by atomic mass is 9.59. The summed E-state index contributed by atoms with van der Waals surface area (Å²) in [5.41, 5.74) is -1.81. The van der Waals surface area contributed by atoms with Crippen molar-refractivity contribution >= 4 is 34.2 Å². The summed E-state index contributed by atoms with van der Waals surface area (Å²) in [6, 6.07) is 12.8. The molecule has 2 N–H and O–H groups in total. The number of aromatic nitrogens is 1. The van der Waals surface area contributed by atoms with E-state index in [2.05, 4.69) is 36.3 Å². The zero-order valence-corrected chi connectivity index (χ0v) is 29.6. The van der Waals surface area contributed by atoms with Crippen molar-refractivity contribution in [3.05, 3.63) is 76.1 Å². The largest absolute Gasteiger partial charge is 0.493 e. The molecule has 7 rings (SSSR count). The Morgan fingerprint density at radius 2 is 1.90 bits per heavy atom. The minimum atomic E-state index is -5.09. The van der Waals surface area contributed by atoms with Crippen LogP contribution in [0.1, 0.15) is 87.1 Å².